The third-order valence-corrected chi connectivity index (χ3v) is 3.31. The van der Waals surface area contributed by atoms with Crippen molar-refractivity contribution in [1.82, 2.24) is 0 Å². The van der Waals surface area contributed by atoms with Crippen LogP contribution in [-0.2, 0) is 4.74 Å². The van der Waals surface area contributed by atoms with E-state index >= 15 is 0 Å². The van der Waals surface area contributed by atoms with Crippen LogP contribution >= 0.6 is 0 Å². The summed E-state index contributed by atoms with van der Waals surface area (Å²) in [6, 6.07) is 0. The summed E-state index contributed by atoms with van der Waals surface area (Å²) in [4.78, 5) is 0. The van der Waals surface area contributed by atoms with Gasteiger partial charge in [-0.05, 0) is 32.1 Å². The van der Waals surface area contributed by atoms with Crippen molar-refractivity contribution in [3.63, 3.8) is 0 Å². The van der Waals surface area contributed by atoms with E-state index in [1.54, 1.807) is 0 Å². The molecule has 0 aliphatic carbocycles. The molecule has 2 aliphatic heterocycles. The van der Waals surface area contributed by atoms with Crippen LogP contribution in [0.3, 0.4) is 0 Å². The fourth-order valence-corrected chi connectivity index (χ4v) is 2.48. The second-order valence-electron chi connectivity index (χ2n) is 4.14. The second kappa shape index (κ2) is 2.69. The van der Waals surface area contributed by atoms with Crippen LogP contribution in [0.1, 0.15) is 32.1 Å². The molecule has 2 fully saturated rings. The van der Waals surface area contributed by atoms with Gasteiger partial charge in [0.2, 0.25) is 0 Å². The van der Waals surface area contributed by atoms with Gasteiger partial charge in [-0.15, -0.1) is 0 Å². The van der Waals surface area contributed by atoms with E-state index in [0.29, 0.717) is 0 Å². The number of fused-ring (bicyclic) bond motifs is 2. The van der Waals surface area contributed by atoms with Gasteiger partial charge in [0, 0.05) is 0 Å². The van der Waals surface area contributed by atoms with Crippen LogP contribution in [0.5, 0.6) is 0 Å². The highest BCUT2D eigenvalue weighted by Gasteiger charge is 2.51. The van der Waals surface area contributed by atoms with E-state index in [1.807, 2.05) is 0 Å². The predicted molar refractivity (Wildman–Crippen MR) is 43.8 cm³/mol. The van der Waals surface area contributed by atoms with Crippen LogP contribution in [0, 0.1) is 0 Å². The maximum absolute atomic E-state index is 9.17. The Labute approximate surface area is 72.3 Å². The summed E-state index contributed by atoms with van der Waals surface area (Å²) in [6.45, 7) is 0.212. The molecule has 3 heteroatoms. The molecule has 0 aromatic heterocycles. The SMILES string of the molecule is OCC12CCC[C@@](CO)(CC1)O2. The third-order valence-electron chi connectivity index (χ3n) is 3.31. The first-order valence-electron chi connectivity index (χ1n) is 4.66. The molecule has 2 aliphatic rings. The van der Waals surface area contributed by atoms with Gasteiger partial charge in [-0.3, -0.25) is 0 Å². The van der Waals surface area contributed by atoms with Crippen molar-refractivity contribution in [3.8, 4) is 0 Å². The lowest BCUT2D eigenvalue weighted by Gasteiger charge is -2.38. The first-order valence-corrected chi connectivity index (χ1v) is 4.66. The van der Waals surface area contributed by atoms with Crippen LogP contribution in [0.4, 0.5) is 0 Å². The van der Waals surface area contributed by atoms with Crippen molar-refractivity contribution < 1.29 is 14.9 Å². The Morgan fingerprint density at radius 3 is 1.83 bits per heavy atom. The first kappa shape index (κ1) is 8.48. The van der Waals surface area contributed by atoms with Gasteiger partial charge in [0.25, 0.3) is 0 Å². The van der Waals surface area contributed by atoms with Gasteiger partial charge in [0.1, 0.15) is 0 Å². The molecule has 0 aromatic rings. The number of ether oxygens (including phenoxy) is 1. The van der Waals surface area contributed by atoms with Crippen LogP contribution in [0.25, 0.3) is 0 Å². The lowest BCUT2D eigenvalue weighted by molar-refractivity contribution is -0.171. The van der Waals surface area contributed by atoms with Crippen molar-refractivity contribution in [2.75, 3.05) is 13.2 Å². The Bertz CT molecular complexity index is 165. The molecule has 1 unspecified atom stereocenters. The van der Waals surface area contributed by atoms with Gasteiger partial charge >= 0.3 is 0 Å². The third kappa shape index (κ3) is 1.08. The van der Waals surface area contributed by atoms with Gasteiger partial charge in [-0.2, -0.15) is 0 Å². The molecule has 0 amide bonds. The Morgan fingerprint density at radius 1 is 0.917 bits per heavy atom. The molecule has 0 aromatic carbocycles. The summed E-state index contributed by atoms with van der Waals surface area (Å²) in [7, 11) is 0. The smallest absolute Gasteiger partial charge is 0.0921 e. The Morgan fingerprint density at radius 2 is 1.42 bits per heavy atom. The first-order chi connectivity index (χ1) is 5.74. The Kier molecular flexibility index (Phi) is 1.90. The maximum atomic E-state index is 9.17. The van der Waals surface area contributed by atoms with Crippen LogP contribution in [0.15, 0.2) is 0 Å². The van der Waals surface area contributed by atoms with E-state index in [2.05, 4.69) is 0 Å². The molecule has 70 valence electrons. The van der Waals surface area contributed by atoms with Gasteiger partial charge in [-0.25, -0.2) is 0 Å². The molecule has 12 heavy (non-hydrogen) atoms. The fraction of sp³-hybridized carbons (Fsp3) is 1.00. The molecule has 2 N–H and O–H groups in total. The van der Waals surface area contributed by atoms with E-state index in [-0.39, 0.29) is 24.4 Å². The van der Waals surface area contributed by atoms with Crippen LogP contribution in [-0.4, -0.2) is 34.6 Å². The highest BCUT2D eigenvalue weighted by Crippen LogP contribution is 2.47. The van der Waals surface area contributed by atoms with Crippen LogP contribution < -0.4 is 0 Å². The molecule has 2 saturated heterocycles. The quantitative estimate of drug-likeness (QED) is 0.635. The lowest BCUT2D eigenvalue weighted by atomic mass is 9.94. The molecule has 2 rings (SSSR count). The summed E-state index contributed by atoms with van der Waals surface area (Å²) in [5.74, 6) is 0. The number of aliphatic hydroxyl groups excluding tert-OH is 2. The standard InChI is InChI=1S/C9H16O3/c10-6-8-2-1-3-9(7-11,12-8)5-4-8/h10-11H,1-7H2/t8-,9?/m0/s1. The van der Waals surface area contributed by atoms with Crippen molar-refractivity contribution in [2.45, 2.75) is 43.3 Å². The summed E-state index contributed by atoms with van der Waals surface area (Å²) in [5.41, 5.74) is -0.609. The van der Waals surface area contributed by atoms with Crippen molar-refractivity contribution in [1.29, 1.82) is 0 Å². The number of aliphatic hydroxyl groups is 2. The minimum Gasteiger partial charge on any atom is -0.393 e. The number of rotatable bonds is 2. The Balaban J connectivity index is 2.16. The average Bonchev–Trinajstić information content (AvgIpc) is 2.41. The zero-order valence-corrected chi connectivity index (χ0v) is 7.25. The number of hydrogen-bond acceptors (Lipinski definition) is 3. The normalized spacial score (nSPS) is 46.5. The minimum atomic E-state index is -0.305. The van der Waals surface area contributed by atoms with Crippen molar-refractivity contribution >= 4 is 0 Å². The van der Waals surface area contributed by atoms with Gasteiger partial charge < -0.3 is 14.9 Å². The summed E-state index contributed by atoms with van der Waals surface area (Å²) < 4.78 is 5.77. The van der Waals surface area contributed by atoms with E-state index in [0.717, 1.165) is 32.1 Å². The summed E-state index contributed by atoms with van der Waals surface area (Å²) in [5, 5.41) is 18.3. The topological polar surface area (TPSA) is 49.7 Å². The highest BCUT2D eigenvalue weighted by atomic mass is 16.6. The molecular weight excluding hydrogens is 156 g/mol. The van der Waals surface area contributed by atoms with Gasteiger partial charge in [0.15, 0.2) is 0 Å². The zero-order valence-electron chi connectivity index (χ0n) is 7.25. The van der Waals surface area contributed by atoms with Crippen LogP contribution in [0.2, 0.25) is 0 Å². The second-order valence-corrected chi connectivity index (χ2v) is 4.14. The molecule has 0 saturated carbocycles. The Hall–Kier alpha value is -0.120. The van der Waals surface area contributed by atoms with E-state index < -0.39 is 0 Å². The highest BCUT2D eigenvalue weighted by molar-refractivity contribution is 5.01. The van der Waals surface area contributed by atoms with E-state index in [9.17, 15) is 10.2 Å². The summed E-state index contributed by atoms with van der Waals surface area (Å²) >= 11 is 0. The number of hydrogen-bond donors (Lipinski definition) is 2. The van der Waals surface area contributed by atoms with Crippen molar-refractivity contribution in [2.24, 2.45) is 0 Å². The molecule has 0 spiro atoms. The monoisotopic (exact) mass is 172 g/mol. The lowest BCUT2D eigenvalue weighted by Crippen LogP contribution is -2.44. The maximum Gasteiger partial charge on any atom is 0.0921 e. The molecule has 0 radical (unpaired) electrons. The molecule has 2 bridgehead atoms. The van der Waals surface area contributed by atoms with Gasteiger partial charge in [-0.1, -0.05) is 0 Å². The minimum absolute atomic E-state index is 0.106. The van der Waals surface area contributed by atoms with E-state index in [1.165, 1.54) is 0 Å². The molecule has 2 heterocycles. The predicted octanol–water partition coefficient (Wildman–Crippen LogP) is 0.443. The largest absolute Gasteiger partial charge is 0.393 e. The van der Waals surface area contributed by atoms with Gasteiger partial charge in [0.05, 0.1) is 24.4 Å². The fourth-order valence-electron chi connectivity index (χ4n) is 2.48. The summed E-state index contributed by atoms with van der Waals surface area (Å²) in [6.07, 6.45) is 4.78. The van der Waals surface area contributed by atoms with E-state index in [4.69, 9.17) is 4.74 Å². The molecule has 3 nitrogen and oxygen atoms in total. The van der Waals surface area contributed by atoms with Crippen molar-refractivity contribution in [3.05, 3.63) is 0 Å². The molecular formula is C9H16O3. The zero-order chi connectivity index (χ0) is 8.66. The average molecular weight is 172 g/mol. The molecule has 2 atom stereocenters.